The molecule has 3 nitrogen and oxygen atoms in total. The summed E-state index contributed by atoms with van der Waals surface area (Å²) in [4.78, 5) is 9.71. The van der Waals surface area contributed by atoms with Crippen LogP contribution in [0.5, 0.6) is 0 Å². The summed E-state index contributed by atoms with van der Waals surface area (Å²) in [6, 6.07) is 9.50. The lowest BCUT2D eigenvalue weighted by atomic mass is 10.1. The van der Waals surface area contributed by atoms with Crippen LogP contribution in [-0.4, -0.2) is 11.1 Å². The Kier molecular flexibility index (Phi) is 8.04. The fourth-order valence-corrected chi connectivity index (χ4v) is 3.01. The average molecular weight is 284 g/mol. The van der Waals surface area contributed by atoms with E-state index in [1.165, 1.54) is 19.3 Å². The van der Waals surface area contributed by atoms with Gasteiger partial charge in [-0.3, -0.25) is 4.57 Å². The van der Waals surface area contributed by atoms with Crippen molar-refractivity contribution in [3.05, 3.63) is 35.9 Å². The van der Waals surface area contributed by atoms with Crippen molar-refractivity contribution >= 4 is 7.60 Å². The van der Waals surface area contributed by atoms with Gasteiger partial charge in [-0.05, 0) is 12.0 Å². The maximum atomic E-state index is 11.8. The molecule has 0 fully saturated rings. The smallest absolute Gasteiger partial charge is 0.324 e. The molecule has 4 heteroatoms. The molecular weight excluding hydrogens is 259 g/mol. The molecule has 0 saturated carbocycles. The molecule has 1 unspecified atom stereocenters. The fraction of sp³-hybridized carbons (Fsp3) is 0.600. The minimum atomic E-state index is -3.41. The molecule has 108 valence electrons. The molecule has 0 saturated heterocycles. The van der Waals surface area contributed by atoms with Crippen molar-refractivity contribution in [3.8, 4) is 0 Å². The third-order valence-electron chi connectivity index (χ3n) is 3.07. The lowest BCUT2D eigenvalue weighted by molar-refractivity contribution is 0.249. The molecule has 0 aliphatic rings. The van der Waals surface area contributed by atoms with E-state index >= 15 is 0 Å². The SMILES string of the molecule is CCCCCCCCP(=O)(O)OCc1ccccc1. The predicted octanol–water partition coefficient (Wildman–Crippen LogP) is 4.75. The first-order valence-corrected chi connectivity index (χ1v) is 8.90. The van der Waals surface area contributed by atoms with Crippen LogP contribution in [0.4, 0.5) is 0 Å². The van der Waals surface area contributed by atoms with Crippen molar-refractivity contribution in [2.75, 3.05) is 6.16 Å². The van der Waals surface area contributed by atoms with Crippen LogP contribution in [0, 0.1) is 0 Å². The molecule has 0 aromatic heterocycles. The third kappa shape index (κ3) is 8.20. The van der Waals surface area contributed by atoms with Crippen LogP contribution in [0.15, 0.2) is 30.3 Å². The number of unbranched alkanes of at least 4 members (excludes halogenated alkanes) is 5. The van der Waals surface area contributed by atoms with Crippen LogP contribution in [-0.2, 0) is 15.7 Å². The normalized spacial score (nSPS) is 14.2. The maximum Gasteiger partial charge on any atom is 0.328 e. The average Bonchev–Trinajstić information content (AvgIpc) is 2.42. The Bertz CT molecular complexity index is 378. The van der Waals surface area contributed by atoms with Crippen LogP contribution in [0.1, 0.15) is 51.0 Å². The summed E-state index contributed by atoms with van der Waals surface area (Å²) in [5.41, 5.74) is 0.930. The second kappa shape index (κ2) is 9.30. The van der Waals surface area contributed by atoms with Gasteiger partial charge in [0.1, 0.15) is 0 Å². The summed E-state index contributed by atoms with van der Waals surface area (Å²) in [5, 5.41) is 0. The van der Waals surface area contributed by atoms with Crippen LogP contribution in [0.3, 0.4) is 0 Å². The van der Waals surface area contributed by atoms with Crippen molar-refractivity contribution in [1.29, 1.82) is 0 Å². The van der Waals surface area contributed by atoms with E-state index in [4.69, 9.17) is 4.52 Å². The Labute approximate surface area is 116 Å². The number of rotatable bonds is 10. The zero-order valence-electron chi connectivity index (χ0n) is 11.8. The van der Waals surface area contributed by atoms with Gasteiger partial charge in [0.2, 0.25) is 0 Å². The van der Waals surface area contributed by atoms with Crippen LogP contribution in [0.25, 0.3) is 0 Å². The summed E-state index contributed by atoms with van der Waals surface area (Å²) in [7, 11) is -3.41. The number of hydrogen-bond donors (Lipinski definition) is 1. The summed E-state index contributed by atoms with van der Waals surface area (Å²) in [6.07, 6.45) is 6.89. The van der Waals surface area contributed by atoms with Gasteiger partial charge in [-0.2, -0.15) is 0 Å². The Hall–Kier alpha value is -0.630. The van der Waals surface area contributed by atoms with E-state index < -0.39 is 7.60 Å². The molecule has 1 atom stereocenters. The second-order valence-corrected chi connectivity index (χ2v) is 6.87. The number of hydrogen-bond acceptors (Lipinski definition) is 2. The topological polar surface area (TPSA) is 46.5 Å². The molecule has 0 spiro atoms. The molecular formula is C15H25O3P. The second-order valence-electron chi connectivity index (χ2n) is 4.89. The van der Waals surface area contributed by atoms with E-state index in [-0.39, 0.29) is 12.8 Å². The molecule has 0 aliphatic carbocycles. The fourth-order valence-electron chi connectivity index (χ4n) is 1.91. The van der Waals surface area contributed by atoms with E-state index in [0.717, 1.165) is 24.8 Å². The van der Waals surface area contributed by atoms with Gasteiger partial charge >= 0.3 is 7.60 Å². The summed E-state index contributed by atoms with van der Waals surface area (Å²) in [6.45, 7) is 2.39. The molecule has 1 rings (SSSR count). The van der Waals surface area contributed by atoms with Gasteiger partial charge in [-0.15, -0.1) is 0 Å². The highest BCUT2D eigenvalue weighted by atomic mass is 31.2. The monoisotopic (exact) mass is 284 g/mol. The van der Waals surface area contributed by atoms with Crippen molar-refractivity contribution in [2.45, 2.75) is 52.1 Å². The number of benzene rings is 1. The first-order chi connectivity index (χ1) is 9.14. The quantitative estimate of drug-likeness (QED) is 0.498. The van der Waals surface area contributed by atoms with Crippen LogP contribution < -0.4 is 0 Å². The third-order valence-corrected chi connectivity index (χ3v) is 4.48. The van der Waals surface area contributed by atoms with E-state index in [1.54, 1.807) is 0 Å². The Morgan fingerprint density at radius 2 is 1.68 bits per heavy atom. The van der Waals surface area contributed by atoms with Crippen molar-refractivity contribution in [1.82, 2.24) is 0 Å². The van der Waals surface area contributed by atoms with E-state index in [9.17, 15) is 9.46 Å². The Balaban J connectivity index is 2.15. The Morgan fingerprint density at radius 3 is 2.37 bits per heavy atom. The minimum Gasteiger partial charge on any atom is -0.324 e. The Morgan fingerprint density at radius 1 is 1.05 bits per heavy atom. The highest BCUT2D eigenvalue weighted by molar-refractivity contribution is 7.52. The van der Waals surface area contributed by atoms with E-state index in [1.807, 2.05) is 30.3 Å². The lowest BCUT2D eigenvalue weighted by Gasteiger charge is -2.12. The molecule has 19 heavy (non-hydrogen) atoms. The minimum absolute atomic E-state index is 0.213. The molecule has 0 radical (unpaired) electrons. The van der Waals surface area contributed by atoms with Crippen molar-refractivity contribution < 1.29 is 14.0 Å². The standard InChI is InChI=1S/C15H25O3P/c1-2-3-4-5-6-10-13-19(16,17)18-14-15-11-8-7-9-12-15/h7-9,11-12H,2-6,10,13-14H2,1H3,(H,16,17). The highest BCUT2D eigenvalue weighted by Gasteiger charge is 2.18. The molecule has 0 amide bonds. The first-order valence-electron chi connectivity index (χ1n) is 7.14. The molecule has 0 heterocycles. The zero-order chi connectivity index (χ0) is 14.0. The predicted molar refractivity (Wildman–Crippen MR) is 79.3 cm³/mol. The highest BCUT2D eigenvalue weighted by Crippen LogP contribution is 2.43. The first kappa shape index (κ1) is 16.4. The molecule has 1 aromatic rings. The summed E-state index contributed by atoms with van der Waals surface area (Å²) >= 11 is 0. The maximum absolute atomic E-state index is 11.8. The van der Waals surface area contributed by atoms with Gasteiger partial charge in [-0.25, -0.2) is 0 Å². The molecule has 1 N–H and O–H groups in total. The van der Waals surface area contributed by atoms with Gasteiger partial charge in [0.15, 0.2) is 0 Å². The molecule has 1 aromatic carbocycles. The molecule has 0 aliphatic heterocycles. The van der Waals surface area contributed by atoms with E-state index in [2.05, 4.69) is 6.92 Å². The van der Waals surface area contributed by atoms with Crippen LogP contribution in [0.2, 0.25) is 0 Å². The summed E-state index contributed by atoms with van der Waals surface area (Å²) in [5.74, 6) is 0. The van der Waals surface area contributed by atoms with Crippen molar-refractivity contribution in [3.63, 3.8) is 0 Å². The van der Waals surface area contributed by atoms with Crippen molar-refractivity contribution in [2.24, 2.45) is 0 Å². The van der Waals surface area contributed by atoms with Crippen LogP contribution >= 0.6 is 7.60 Å². The van der Waals surface area contributed by atoms with Gasteiger partial charge in [0, 0.05) is 6.16 Å². The van der Waals surface area contributed by atoms with Gasteiger partial charge in [0.25, 0.3) is 0 Å². The van der Waals surface area contributed by atoms with Gasteiger partial charge < -0.3 is 9.42 Å². The zero-order valence-corrected chi connectivity index (χ0v) is 12.6. The lowest BCUT2D eigenvalue weighted by Crippen LogP contribution is -1.96. The van der Waals surface area contributed by atoms with Gasteiger partial charge in [0.05, 0.1) is 6.61 Å². The van der Waals surface area contributed by atoms with E-state index in [0.29, 0.717) is 0 Å². The largest absolute Gasteiger partial charge is 0.328 e. The molecule has 0 bridgehead atoms. The van der Waals surface area contributed by atoms with Gasteiger partial charge in [-0.1, -0.05) is 69.4 Å². The summed E-state index contributed by atoms with van der Waals surface area (Å²) < 4.78 is 17.0.